The largest absolute Gasteiger partial charge is 0.454 e. The molecule has 9 aromatic carbocycles. The number of aromatic nitrogens is 3. The summed E-state index contributed by atoms with van der Waals surface area (Å²) in [6.07, 6.45) is 0. The highest BCUT2D eigenvalue weighted by atomic mass is 16.3. The lowest BCUT2D eigenvalue weighted by molar-refractivity contribution is 0.669. The summed E-state index contributed by atoms with van der Waals surface area (Å²) >= 11 is 0. The van der Waals surface area contributed by atoms with Crippen molar-refractivity contribution < 1.29 is 4.42 Å². The first kappa shape index (κ1) is 31.9. The quantitative estimate of drug-likeness (QED) is 0.160. The lowest BCUT2D eigenvalue weighted by atomic mass is 9.94. The lowest BCUT2D eigenvalue weighted by Crippen LogP contribution is -2.10. The molecule has 0 spiro atoms. The summed E-state index contributed by atoms with van der Waals surface area (Å²) in [6, 6.07) is 67.5. The van der Waals surface area contributed by atoms with E-state index in [0.29, 0.717) is 17.5 Å². The second kappa shape index (κ2) is 13.0. The third-order valence-electron chi connectivity index (χ3n) is 10.7. The van der Waals surface area contributed by atoms with Crippen LogP contribution in [0, 0.1) is 0 Å². The fourth-order valence-electron chi connectivity index (χ4n) is 8.07. The molecule has 11 aromatic rings. The average Bonchev–Trinajstić information content (AvgIpc) is 3.67. The first-order valence-corrected chi connectivity index (χ1v) is 18.8. The van der Waals surface area contributed by atoms with Crippen LogP contribution in [0.5, 0.6) is 0 Å². The first-order chi connectivity index (χ1) is 27.8. The number of hydrogen-bond donors (Lipinski definition) is 0. The Hall–Kier alpha value is -7.63. The number of benzene rings is 9. The normalized spacial score (nSPS) is 11.6. The zero-order chi connectivity index (χ0) is 37.0. The molecule has 0 radical (unpaired) electrons. The van der Waals surface area contributed by atoms with Gasteiger partial charge in [0.1, 0.15) is 5.58 Å². The van der Waals surface area contributed by atoms with Crippen LogP contribution in [0.1, 0.15) is 0 Å². The summed E-state index contributed by atoms with van der Waals surface area (Å²) in [5.74, 6) is 1.87. The van der Waals surface area contributed by atoms with Gasteiger partial charge in [-0.15, -0.1) is 0 Å². The number of nitrogens with zero attached hydrogens (tertiary/aromatic N) is 4. The van der Waals surface area contributed by atoms with Gasteiger partial charge in [-0.25, -0.2) is 15.0 Å². The van der Waals surface area contributed by atoms with Gasteiger partial charge < -0.3 is 9.32 Å². The molecule has 0 atom stereocenters. The van der Waals surface area contributed by atoms with Gasteiger partial charge in [-0.1, -0.05) is 146 Å². The molecule has 0 saturated heterocycles. The molecule has 0 aliphatic rings. The molecule has 0 fully saturated rings. The molecule has 0 amide bonds. The van der Waals surface area contributed by atoms with Crippen LogP contribution < -0.4 is 4.90 Å². The maximum Gasteiger partial charge on any atom is 0.164 e. The van der Waals surface area contributed by atoms with Crippen molar-refractivity contribution in [1.29, 1.82) is 0 Å². The van der Waals surface area contributed by atoms with E-state index in [4.69, 9.17) is 19.4 Å². The summed E-state index contributed by atoms with van der Waals surface area (Å²) in [5.41, 5.74) is 7.41. The highest BCUT2D eigenvalue weighted by Crippen LogP contribution is 2.44. The molecule has 262 valence electrons. The molecular formula is C51H32N4O. The van der Waals surface area contributed by atoms with Crippen LogP contribution in [0.4, 0.5) is 17.1 Å². The van der Waals surface area contributed by atoms with E-state index >= 15 is 0 Å². The van der Waals surface area contributed by atoms with E-state index < -0.39 is 0 Å². The molecule has 5 nitrogen and oxygen atoms in total. The fraction of sp³-hybridized carbons (Fsp3) is 0. The monoisotopic (exact) mass is 716 g/mol. The average molecular weight is 717 g/mol. The van der Waals surface area contributed by atoms with Gasteiger partial charge in [0.2, 0.25) is 0 Å². The minimum atomic E-state index is 0.610. The Labute approximate surface area is 322 Å². The van der Waals surface area contributed by atoms with Crippen LogP contribution in [-0.2, 0) is 0 Å². The fourth-order valence-corrected chi connectivity index (χ4v) is 8.07. The number of para-hydroxylation sites is 2. The topological polar surface area (TPSA) is 55.1 Å². The summed E-state index contributed by atoms with van der Waals surface area (Å²) in [4.78, 5) is 17.2. The smallest absolute Gasteiger partial charge is 0.164 e. The second-order valence-corrected chi connectivity index (χ2v) is 14.0. The highest BCUT2D eigenvalue weighted by Gasteiger charge is 2.21. The predicted molar refractivity (Wildman–Crippen MR) is 231 cm³/mol. The van der Waals surface area contributed by atoms with E-state index in [9.17, 15) is 0 Å². The Bertz CT molecular complexity index is 3150. The van der Waals surface area contributed by atoms with E-state index in [1.165, 1.54) is 32.3 Å². The maximum atomic E-state index is 6.66. The predicted octanol–water partition coefficient (Wildman–Crippen LogP) is 13.7. The zero-order valence-corrected chi connectivity index (χ0v) is 30.2. The van der Waals surface area contributed by atoms with E-state index in [1.54, 1.807) is 0 Å². The standard InChI is InChI=1S/C51H32N4O/c1-3-14-33(15-4-1)49-52-50(34-16-5-2-6-17-34)54-51(53-49)35-26-28-36(29-27-35)55(46-24-13-23-44-43-22-11-12-25-47(43)56-48(44)46)37-30-31-42-40-20-8-7-18-38(40)39-19-9-10-21-41(39)45(42)32-37/h1-32H. The van der Waals surface area contributed by atoms with Crippen molar-refractivity contribution in [3.63, 3.8) is 0 Å². The van der Waals surface area contributed by atoms with E-state index in [0.717, 1.165) is 55.7 Å². The first-order valence-electron chi connectivity index (χ1n) is 18.8. The number of furan rings is 1. The molecule has 0 unspecified atom stereocenters. The summed E-state index contributed by atoms with van der Waals surface area (Å²) in [7, 11) is 0. The summed E-state index contributed by atoms with van der Waals surface area (Å²) < 4.78 is 6.66. The van der Waals surface area contributed by atoms with Crippen LogP contribution in [-0.4, -0.2) is 15.0 Å². The molecule has 56 heavy (non-hydrogen) atoms. The third-order valence-corrected chi connectivity index (χ3v) is 10.7. The van der Waals surface area contributed by atoms with E-state index in [-0.39, 0.29) is 0 Å². The molecule has 0 bridgehead atoms. The summed E-state index contributed by atoms with van der Waals surface area (Å²) in [6.45, 7) is 0. The van der Waals surface area contributed by atoms with Crippen molar-refractivity contribution >= 4 is 71.3 Å². The van der Waals surface area contributed by atoms with Crippen LogP contribution in [0.3, 0.4) is 0 Å². The molecule has 2 aromatic heterocycles. The van der Waals surface area contributed by atoms with E-state index in [2.05, 4.69) is 126 Å². The van der Waals surface area contributed by atoms with Crippen molar-refractivity contribution in [2.45, 2.75) is 0 Å². The van der Waals surface area contributed by atoms with Gasteiger partial charge >= 0.3 is 0 Å². The molecule has 2 heterocycles. The van der Waals surface area contributed by atoms with Crippen molar-refractivity contribution in [2.75, 3.05) is 4.90 Å². The molecule has 0 aliphatic heterocycles. The minimum Gasteiger partial charge on any atom is -0.454 e. The second-order valence-electron chi connectivity index (χ2n) is 14.0. The van der Waals surface area contributed by atoms with Gasteiger partial charge in [-0.3, -0.25) is 0 Å². The van der Waals surface area contributed by atoms with Crippen LogP contribution in [0.15, 0.2) is 199 Å². The Kier molecular flexibility index (Phi) is 7.42. The molecule has 0 saturated carbocycles. The molecule has 11 rings (SSSR count). The van der Waals surface area contributed by atoms with Gasteiger partial charge in [0, 0.05) is 38.8 Å². The number of fused-ring (bicyclic) bond motifs is 9. The lowest BCUT2D eigenvalue weighted by Gasteiger charge is -2.26. The van der Waals surface area contributed by atoms with Gasteiger partial charge in [-0.05, 0) is 80.8 Å². The Morgan fingerprint density at radius 2 is 0.768 bits per heavy atom. The highest BCUT2D eigenvalue weighted by molar-refractivity contribution is 6.26. The van der Waals surface area contributed by atoms with Crippen molar-refractivity contribution in [3.8, 4) is 34.2 Å². The van der Waals surface area contributed by atoms with Crippen molar-refractivity contribution in [3.05, 3.63) is 194 Å². The van der Waals surface area contributed by atoms with Gasteiger partial charge in [0.05, 0.1) is 5.69 Å². The van der Waals surface area contributed by atoms with Gasteiger partial charge in [0.15, 0.2) is 23.1 Å². The molecule has 5 heteroatoms. The van der Waals surface area contributed by atoms with Crippen molar-refractivity contribution in [1.82, 2.24) is 15.0 Å². The zero-order valence-electron chi connectivity index (χ0n) is 30.2. The van der Waals surface area contributed by atoms with Crippen LogP contribution >= 0.6 is 0 Å². The van der Waals surface area contributed by atoms with Crippen LogP contribution in [0.2, 0.25) is 0 Å². The van der Waals surface area contributed by atoms with Crippen molar-refractivity contribution in [2.24, 2.45) is 0 Å². The summed E-state index contributed by atoms with van der Waals surface area (Å²) in [5, 5.41) is 9.54. The maximum absolute atomic E-state index is 6.66. The number of hydrogen-bond acceptors (Lipinski definition) is 5. The van der Waals surface area contributed by atoms with Gasteiger partial charge in [-0.2, -0.15) is 0 Å². The SMILES string of the molecule is c1ccc(-c2nc(-c3ccccc3)nc(-c3ccc(N(c4ccc5c6ccccc6c6ccccc6c5c4)c4cccc5c4oc4ccccc45)cc3)n2)cc1. The number of anilines is 3. The third kappa shape index (κ3) is 5.29. The Balaban J connectivity index is 1.11. The Morgan fingerprint density at radius 3 is 1.36 bits per heavy atom. The Morgan fingerprint density at radius 1 is 0.321 bits per heavy atom. The molecular weight excluding hydrogens is 685 g/mol. The molecule has 0 N–H and O–H groups in total. The molecule has 0 aliphatic carbocycles. The van der Waals surface area contributed by atoms with Gasteiger partial charge in [0.25, 0.3) is 0 Å². The van der Waals surface area contributed by atoms with Crippen LogP contribution in [0.25, 0.3) is 88.4 Å². The number of rotatable bonds is 6. The minimum absolute atomic E-state index is 0.610. The van der Waals surface area contributed by atoms with E-state index in [1.807, 2.05) is 72.8 Å².